The molecule has 0 bridgehead atoms. The van der Waals surface area contributed by atoms with Gasteiger partial charge < -0.3 is 20.6 Å². The molecule has 2 rings (SSSR count). The highest BCUT2D eigenvalue weighted by molar-refractivity contribution is 5.75. The van der Waals surface area contributed by atoms with E-state index in [2.05, 4.69) is 15.6 Å². The Morgan fingerprint density at radius 3 is 2.09 bits per heavy atom. The summed E-state index contributed by atoms with van der Waals surface area (Å²) < 4.78 is 1.81. The molecule has 2 aromatic rings. The van der Waals surface area contributed by atoms with E-state index in [-0.39, 0.29) is 11.6 Å². The van der Waals surface area contributed by atoms with Gasteiger partial charge in [0.2, 0.25) is 0 Å². The smallest absolute Gasteiger partial charge is 0.129 e. The van der Waals surface area contributed by atoms with Crippen molar-refractivity contribution in [2.45, 2.75) is 86.6 Å². The first kappa shape index (κ1) is 30.0. The number of carbonyl (C=O) groups excluding carboxylic acids is 2. The fourth-order valence-corrected chi connectivity index (χ4v) is 2.89. The quantitative estimate of drug-likeness (QED) is 0.392. The van der Waals surface area contributed by atoms with Gasteiger partial charge in [-0.2, -0.15) is 0 Å². The molecule has 7 heteroatoms. The maximum absolute atomic E-state index is 11.0. The largest absolute Gasteiger partial charge is 0.397 e. The Morgan fingerprint density at radius 2 is 1.52 bits per heavy atom. The van der Waals surface area contributed by atoms with E-state index < -0.39 is 0 Å². The lowest BCUT2D eigenvalue weighted by Gasteiger charge is -2.05. The van der Waals surface area contributed by atoms with Gasteiger partial charge in [-0.25, -0.2) is 0 Å². The Bertz CT molecular complexity index is 825. The van der Waals surface area contributed by atoms with E-state index in [1.807, 2.05) is 62.8 Å². The second-order valence-electron chi connectivity index (χ2n) is 7.32. The first-order valence-corrected chi connectivity index (χ1v) is 12.1. The first-order chi connectivity index (χ1) is 16.0. The second-order valence-corrected chi connectivity index (χ2v) is 7.32. The molecule has 0 aliphatic heterocycles. The third-order valence-electron chi connectivity index (χ3n) is 4.58. The van der Waals surface area contributed by atoms with E-state index in [1.54, 1.807) is 20.0 Å². The number of hydrogen-bond donors (Lipinski definition) is 2. The average molecular weight is 458 g/mol. The van der Waals surface area contributed by atoms with Crippen molar-refractivity contribution in [1.82, 2.24) is 20.3 Å². The van der Waals surface area contributed by atoms with Gasteiger partial charge in [-0.15, -0.1) is 5.10 Å². The van der Waals surface area contributed by atoms with Crippen molar-refractivity contribution in [1.29, 1.82) is 0 Å². The third kappa shape index (κ3) is 13.2. The maximum atomic E-state index is 11.0. The molecule has 3 N–H and O–H groups in total. The van der Waals surface area contributed by atoms with Gasteiger partial charge in [0.25, 0.3) is 0 Å². The van der Waals surface area contributed by atoms with Gasteiger partial charge in [-0.3, -0.25) is 4.68 Å². The molecule has 0 aliphatic rings. The summed E-state index contributed by atoms with van der Waals surface area (Å²) in [4.78, 5) is 21.9. The molecule has 33 heavy (non-hydrogen) atoms. The number of hydrogen-bond acceptors (Lipinski definition) is 6. The number of aryl methyl sites for hydroxylation is 1. The number of unbranched alkanes of at least 4 members (excludes halogenated alkanes) is 2. The fraction of sp³-hybridized carbons (Fsp3) is 0.538. The van der Waals surface area contributed by atoms with Crippen LogP contribution in [0, 0.1) is 0 Å². The number of aromatic nitrogens is 3. The van der Waals surface area contributed by atoms with Gasteiger partial charge in [-0.1, -0.05) is 57.2 Å². The molecular weight excluding hydrogens is 414 g/mol. The normalized spacial score (nSPS) is 10.4. The van der Waals surface area contributed by atoms with E-state index in [0.29, 0.717) is 18.5 Å². The minimum absolute atomic E-state index is 0.223. The van der Waals surface area contributed by atoms with Crippen LogP contribution in [-0.4, -0.2) is 33.1 Å². The molecule has 0 saturated heterocycles. The van der Waals surface area contributed by atoms with Crippen LogP contribution in [0.2, 0.25) is 0 Å². The van der Waals surface area contributed by atoms with Gasteiger partial charge in [0.05, 0.1) is 11.9 Å². The third-order valence-corrected chi connectivity index (χ3v) is 4.58. The minimum atomic E-state index is 0.223. The van der Waals surface area contributed by atoms with Crippen LogP contribution in [0.25, 0.3) is 17.0 Å². The van der Waals surface area contributed by atoms with Crippen molar-refractivity contribution in [2.24, 2.45) is 5.73 Å². The molecule has 184 valence electrons. The molecule has 1 heterocycles. The Morgan fingerprint density at radius 1 is 0.939 bits per heavy atom. The highest BCUT2D eigenvalue weighted by atomic mass is 16.1. The molecule has 0 amide bonds. The van der Waals surface area contributed by atoms with Crippen molar-refractivity contribution in [3.8, 4) is 11.3 Å². The highest BCUT2D eigenvalue weighted by Crippen LogP contribution is 2.19. The monoisotopic (exact) mass is 457 g/mol. The number of carbonyl (C=O) groups is 2. The van der Waals surface area contributed by atoms with Crippen molar-refractivity contribution in [3.05, 3.63) is 42.2 Å². The average Bonchev–Trinajstić information content (AvgIpc) is 3.30. The van der Waals surface area contributed by atoms with Gasteiger partial charge in [-0.05, 0) is 45.1 Å². The summed E-state index contributed by atoms with van der Waals surface area (Å²) in [6.45, 7) is 12.8. The molecule has 0 unspecified atom stereocenters. The molecule has 7 nitrogen and oxygen atoms in total. The Kier molecular flexibility index (Phi) is 16.9. The van der Waals surface area contributed by atoms with Crippen molar-refractivity contribution in [3.63, 3.8) is 0 Å². The highest BCUT2D eigenvalue weighted by Gasteiger charge is 2.05. The van der Waals surface area contributed by atoms with E-state index in [9.17, 15) is 9.59 Å². The summed E-state index contributed by atoms with van der Waals surface area (Å²) in [6, 6.07) is 7.88. The lowest BCUT2D eigenvalue weighted by molar-refractivity contribution is -0.117. The van der Waals surface area contributed by atoms with Crippen LogP contribution in [0.3, 0.4) is 0 Å². The summed E-state index contributed by atoms with van der Waals surface area (Å²) in [6.07, 6.45) is 8.58. The van der Waals surface area contributed by atoms with E-state index >= 15 is 0 Å². The molecule has 0 atom stereocenters. The molecular formula is C26H43N5O2. The summed E-state index contributed by atoms with van der Waals surface area (Å²) >= 11 is 0. The van der Waals surface area contributed by atoms with Gasteiger partial charge in [0.1, 0.15) is 17.3 Å². The maximum Gasteiger partial charge on any atom is 0.129 e. The van der Waals surface area contributed by atoms with Gasteiger partial charge in [0.15, 0.2) is 0 Å². The Balaban J connectivity index is 0.00000242. The van der Waals surface area contributed by atoms with Crippen molar-refractivity contribution >= 4 is 17.3 Å². The zero-order valence-corrected chi connectivity index (χ0v) is 21.4. The van der Waals surface area contributed by atoms with E-state index in [4.69, 9.17) is 5.73 Å². The number of Topliss-reactive ketones (excluding diaryl/α,β-unsaturated/α-hetero) is 2. The summed E-state index contributed by atoms with van der Waals surface area (Å²) in [5, 5.41) is 11.6. The number of ketones is 2. The predicted molar refractivity (Wildman–Crippen MR) is 137 cm³/mol. The minimum Gasteiger partial charge on any atom is -0.397 e. The van der Waals surface area contributed by atoms with Crippen LogP contribution < -0.4 is 11.1 Å². The molecule has 1 aromatic carbocycles. The number of nitrogens with one attached hydrogen (secondary N) is 1. The summed E-state index contributed by atoms with van der Waals surface area (Å²) in [5.41, 5.74) is 9.52. The SMILES string of the molecule is CC.CC.CC(=O)CCCCN/C=C(\N)c1ccc(-c2cn(CCCCC(C)=O)nn2)cc1. The topological polar surface area (TPSA) is 103 Å². The summed E-state index contributed by atoms with van der Waals surface area (Å²) in [7, 11) is 0. The van der Waals surface area contributed by atoms with Crippen molar-refractivity contribution in [2.75, 3.05) is 6.54 Å². The molecule has 1 aromatic heterocycles. The first-order valence-electron chi connectivity index (χ1n) is 12.1. The molecule has 0 radical (unpaired) electrons. The molecule has 0 saturated carbocycles. The standard InChI is InChI=1S/C22H31N5O2.2C2H6/c1-17(28)7-3-5-13-24-15-21(23)19-9-11-20(12-10-19)22-16-27(26-25-22)14-6-4-8-18(2)29;2*1-2/h9-12,15-16,24H,3-8,13-14,23H2,1-2H3;2*1-2H3/b21-15-;;. The predicted octanol–water partition coefficient (Wildman–Crippen LogP) is 5.36. The van der Waals surface area contributed by atoms with Gasteiger partial charge >= 0.3 is 0 Å². The van der Waals surface area contributed by atoms with Crippen LogP contribution in [0.15, 0.2) is 36.7 Å². The number of rotatable bonds is 13. The van der Waals surface area contributed by atoms with Crippen LogP contribution in [0.4, 0.5) is 0 Å². The number of benzene rings is 1. The second kappa shape index (κ2) is 18.6. The molecule has 0 aliphatic carbocycles. The van der Waals surface area contributed by atoms with Crippen LogP contribution in [0.1, 0.15) is 85.6 Å². The fourth-order valence-electron chi connectivity index (χ4n) is 2.89. The van der Waals surface area contributed by atoms with Gasteiger partial charge in [0, 0.05) is 37.7 Å². The zero-order valence-electron chi connectivity index (χ0n) is 21.4. The Labute approximate surface area is 199 Å². The number of nitrogens with zero attached hydrogens (tertiary/aromatic N) is 3. The van der Waals surface area contributed by atoms with Crippen LogP contribution >= 0.6 is 0 Å². The lowest BCUT2D eigenvalue weighted by Crippen LogP contribution is -2.11. The number of nitrogens with two attached hydrogens (primary N) is 1. The summed E-state index contributed by atoms with van der Waals surface area (Å²) in [5.74, 6) is 0.453. The van der Waals surface area contributed by atoms with Crippen LogP contribution in [-0.2, 0) is 16.1 Å². The Hall–Kier alpha value is -2.96. The lowest BCUT2D eigenvalue weighted by atomic mass is 10.1. The van der Waals surface area contributed by atoms with Crippen LogP contribution in [0.5, 0.6) is 0 Å². The zero-order chi connectivity index (χ0) is 25.1. The van der Waals surface area contributed by atoms with E-state index in [0.717, 1.165) is 55.6 Å². The van der Waals surface area contributed by atoms with Crippen molar-refractivity contribution < 1.29 is 9.59 Å². The molecule has 0 fully saturated rings. The van der Waals surface area contributed by atoms with E-state index in [1.165, 1.54) is 0 Å². The molecule has 0 spiro atoms.